The summed E-state index contributed by atoms with van der Waals surface area (Å²) in [6, 6.07) is 90.5. The van der Waals surface area contributed by atoms with Gasteiger partial charge in [0.1, 0.15) is 0 Å². The van der Waals surface area contributed by atoms with Crippen LogP contribution in [-0.4, -0.2) is 9.13 Å². The lowest BCUT2D eigenvalue weighted by Gasteiger charge is -2.23. The molecule has 2 aliphatic carbocycles. The lowest BCUT2D eigenvalue weighted by molar-refractivity contribution is 0.659. The predicted octanol–water partition coefficient (Wildman–Crippen LogP) is 20.8. The Labute approximate surface area is 466 Å². The summed E-state index contributed by atoms with van der Waals surface area (Å²) in [5.74, 6) is 0. The fourth-order valence-electron chi connectivity index (χ4n) is 13.8. The first-order chi connectivity index (χ1) is 39.1. The Bertz CT molecular complexity index is 4690. The molecule has 0 saturated heterocycles. The van der Waals surface area contributed by atoms with E-state index >= 15 is 0 Å². The first-order valence-electron chi connectivity index (χ1n) is 28.1. The van der Waals surface area contributed by atoms with E-state index in [1.165, 1.54) is 154 Å². The van der Waals surface area contributed by atoms with E-state index < -0.39 is 0 Å². The molecule has 0 atom stereocenters. The second-order valence-electron chi connectivity index (χ2n) is 23.4. The van der Waals surface area contributed by atoms with Gasteiger partial charge in [0, 0.05) is 43.7 Å². The SMILES string of the molecule is CC1(C)c2cc(/C=C/c3ccc4c(c3)c3ccccc3n4-c3ccc4ccccc4c3)ccc2-c2ccc(-c3ccc4c(c3)C(C)(C)c3cc(/C=C/c5ccc6c(c5)c5ccccc5n6-c5ccc6ccccc6c5)ccc3-4)cc21. The fourth-order valence-corrected chi connectivity index (χ4v) is 13.8. The summed E-state index contributed by atoms with van der Waals surface area (Å²) in [6.45, 7) is 9.58. The Morgan fingerprint density at radius 3 is 1.04 bits per heavy atom. The zero-order valence-corrected chi connectivity index (χ0v) is 45.3. The highest BCUT2D eigenvalue weighted by Gasteiger charge is 2.38. The third-order valence-corrected chi connectivity index (χ3v) is 18.0. The normalized spacial score (nSPS) is 14.1. The van der Waals surface area contributed by atoms with Gasteiger partial charge in [-0.3, -0.25) is 0 Å². The molecule has 0 aliphatic heterocycles. The summed E-state index contributed by atoms with van der Waals surface area (Å²) >= 11 is 0. The monoisotopic (exact) mass is 1020 g/mol. The number of rotatable bonds is 7. The van der Waals surface area contributed by atoms with Gasteiger partial charge in [0.2, 0.25) is 0 Å². The van der Waals surface area contributed by atoms with Crippen molar-refractivity contribution in [3.63, 3.8) is 0 Å². The molecule has 378 valence electrons. The van der Waals surface area contributed by atoms with Gasteiger partial charge in [0.05, 0.1) is 22.1 Å². The van der Waals surface area contributed by atoms with Crippen molar-refractivity contribution in [2.45, 2.75) is 38.5 Å². The van der Waals surface area contributed by atoms with Crippen molar-refractivity contribution in [1.82, 2.24) is 9.13 Å². The fraction of sp³-hybridized carbons (Fsp3) is 0.0769. The Morgan fingerprint density at radius 1 is 0.263 bits per heavy atom. The van der Waals surface area contributed by atoms with Crippen LogP contribution in [0, 0.1) is 0 Å². The minimum atomic E-state index is -0.160. The predicted molar refractivity (Wildman–Crippen MR) is 341 cm³/mol. The zero-order valence-electron chi connectivity index (χ0n) is 45.3. The summed E-state index contributed by atoms with van der Waals surface area (Å²) in [7, 11) is 0. The minimum absolute atomic E-state index is 0.160. The van der Waals surface area contributed by atoms with Crippen LogP contribution in [0.3, 0.4) is 0 Å². The van der Waals surface area contributed by atoms with Gasteiger partial charge in [0.25, 0.3) is 0 Å². The van der Waals surface area contributed by atoms with Crippen LogP contribution in [0.25, 0.3) is 134 Å². The van der Waals surface area contributed by atoms with Gasteiger partial charge in [-0.25, -0.2) is 0 Å². The number of fused-ring (bicyclic) bond motifs is 14. The molecule has 0 unspecified atom stereocenters. The molecule has 0 radical (unpaired) electrons. The van der Waals surface area contributed by atoms with Crippen molar-refractivity contribution < 1.29 is 0 Å². The van der Waals surface area contributed by atoms with Crippen LogP contribution >= 0.6 is 0 Å². The molecule has 0 fully saturated rings. The van der Waals surface area contributed by atoms with Crippen molar-refractivity contribution >= 4 is 89.5 Å². The number of benzene rings is 12. The van der Waals surface area contributed by atoms with Gasteiger partial charge in [-0.15, -0.1) is 0 Å². The maximum atomic E-state index is 2.46. The molecule has 12 aromatic carbocycles. The number of nitrogens with zero attached hydrogens (tertiary/aromatic N) is 2. The minimum Gasteiger partial charge on any atom is -0.309 e. The zero-order chi connectivity index (χ0) is 53.4. The number of aromatic nitrogens is 2. The molecular weight excluding hydrogens is 965 g/mol. The van der Waals surface area contributed by atoms with Crippen molar-refractivity contribution in [2.24, 2.45) is 0 Å². The molecular formula is C78H56N2. The second-order valence-corrected chi connectivity index (χ2v) is 23.4. The van der Waals surface area contributed by atoms with Gasteiger partial charge < -0.3 is 9.13 Å². The van der Waals surface area contributed by atoms with E-state index in [4.69, 9.17) is 0 Å². The van der Waals surface area contributed by atoms with E-state index in [0.29, 0.717) is 0 Å². The quantitative estimate of drug-likeness (QED) is 0.141. The van der Waals surface area contributed by atoms with E-state index in [-0.39, 0.29) is 10.8 Å². The van der Waals surface area contributed by atoms with E-state index in [2.05, 4.69) is 304 Å². The van der Waals surface area contributed by atoms with E-state index in [1.807, 2.05) is 0 Å². The van der Waals surface area contributed by atoms with E-state index in [9.17, 15) is 0 Å². The third kappa shape index (κ3) is 7.11. The molecule has 2 heteroatoms. The second kappa shape index (κ2) is 17.4. The van der Waals surface area contributed by atoms with E-state index in [1.54, 1.807) is 0 Å². The average Bonchev–Trinajstić information content (AvgIpc) is 4.18. The van der Waals surface area contributed by atoms with Crippen molar-refractivity contribution in [3.05, 3.63) is 287 Å². The number of para-hydroxylation sites is 2. The molecule has 0 bridgehead atoms. The lowest BCUT2D eigenvalue weighted by Crippen LogP contribution is -2.15. The van der Waals surface area contributed by atoms with Gasteiger partial charge in [-0.2, -0.15) is 0 Å². The Morgan fingerprint density at radius 2 is 0.600 bits per heavy atom. The lowest BCUT2D eigenvalue weighted by atomic mass is 9.80. The highest BCUT2D eigenvalue weighted by molar-refractivity contribution is 6.11. The molecule has 0 N–H and O–H groups in total. The van der Waals surface area contributed by atoms with Crippen LogP contribution in [-0.2, 0) is 10.8 Å². The molecule has 0 spiro atoms. The molecule has 2 heterocycles. The van der Waals surface area contributed by atoms with Gasteiger partial charge in [0.15, 0.2) is 0 Å². The largest absolute Gasteiger partial charge is 0.309 e. The van der Waals surface area contributed by atoms with Gasteiger partial charge in [-0.1, -0.05) is 222 Å². The molecule has 14 aromatic rings. The maximum Gasteiger partial charge on any atom is 0.0541 e. The summed E-state index contributed by atoms with van der Waals surface area (Å²) in [6.07, 6.45) is 9.12. The third-order valence-electron chi connectivity index (χ3n) is 18.0. The van der Waals surface area contributed by atoms with Crippen LogP contribution < -0.4 is 0 Å². The smallest absolute Gasteiger partial charge is 0.0541 e. The van der Waals surface area contributed by atoms with Crippen molar-refractivity contribution in [1.29, 1.82) is 0 Å². The molecule has 2 nitrogen and oxygen atoms in total. The summed E-state index contributed by atoms with van der Waals surface area (Å²) < 4.78 is 4.81. The summed E-state index contributed by atoms with van der Waals surface area (Å²) in [5, 5.41) is 10.0. The number of hydrogen-bond acceptors (Lipinski definition) is 0. The van der Waals surface area contributed by atoms with Crippen LogP contribution in [0.1, 0.15) is 72.2 Å². The van der Waals surface area contributed by atoms with Crippen LogP contribution in [0.5, 0.6) is 0 Å². The molecule has 16 rings (SSSR count). The van der Waals surface area contributed by atoms with Crippen molar-refractivity contribution in [3.8, 4) is 44.8 Å². The van der Waals surface area contributed by atoms with Gasteiger partial charge >= 0.3 is 0 Å². The van der Waals surface area contributed by atoms with Crippen LogP contribution in [0.2, 0.25) is 0 Å². The summed E-state index contributed by atoms with van der Waals surface area (Å²) in [5.41, 5.74) is 25.1. The molecule has 2 aromatic heterocycles. The van der Waals surface area contributed by atoms with Crippen LogP contribution in [0.4, 0.5) is 0 Å². The highest BCUT2D eigenvalue weighted by atomic mass is 15.0. The average molecular weight is 1020 g/mol. The Kier molecular flexibility index (Phi) is 10.1. The summed E-state index contributed by atoms with van der Waals surface area (Å²) in [4.78, 5) is 0. The van der Waals surface area contributed by atoms with Crippen molar-refractivity contribution in [2.75, 3.05) is 0 Å². The maximum absolute atomic E-state index is 2.46. The standard InChI is InChI=1S/C78H56N2/c1-77(2)69-43-51(23-21-49-27-39-75-67(41-49)65-17-9-11-19-73(65)79(75)59-33-29-53-13-5-7-15-55(53)45-59)25-35-61(69)63-37-31-57(47-71(63)77)58-32-38-64-62-36-26-52(44-70(62)78(3,4)72(64)48-58)24-22-50-28-40-76-68(42-50)66-18-10-12-20-74(66)80(76)60-34-30-54-14-6-8-16-56(54)46-60/h5-48H,1-4H3/b23-21+,24-22+. The first kappa shape index (κ1) is 46.3. The molecule has 0 amide bonds. The van der Waals surface area contributed by atoms with Crippen LogP contribution in [0.15, 0.2) is 243 Å². The Balaban J connectivity index is 0.659. The van der Waals surface area contributed by atoms with E-state index in [0.717, 1.165) is 0 Å². The van der Waals surface area contributed by atoms with Gasteiger partial charge in [-0.05, 0) is 172 Å². The topological polar surface area (TPSA) is 9.86 Å². The number of hydrogen-bond donors (Lipinski definition) is 0. The molecule has 80 heavy (non-hydrogen) atoms. The Hall–Kier alpha value is -9.76. The highest BCUT2D eigenvalue weighted by Crippen LogP contribution is 2.53. The molecule has 0 saturated carbocycles. The first-order valence-corrected chi connectivity index (χ1v) is 28.1. The molecule has 2 aliphatic rings.